The van der Waals surface area contributed by atoms with Gasteiger partial charge in [0.1, 0.15) is 11.5 Å². The molecule has 0 aliphatic heterocycles. The molecule has 0 bridgehead atoms. The number of rotatable bonds is 8. The molecule has 0 aliphatic rings. The lowest BCUT2D eigenvalue weighted by Crippen LogP contribution is -2.08. The van der Waals surface area contributed by atoms with Crippen LogP contribution in [0.15, 0.2) is 66.9 Å². The van der Waals surface area contributed by atoms with Crippen LogP contribution in [0.3, 0.4) is 0 Å². The maximum atomic E-state index is 12.3. The molecule has 0 N–H and O–H groups in total. The number of carbonyl (C=O) groups is 1. The van der Waals surface area contributed by atoms with E-state index in [9.17, 15) is 4.79 Å². The second kappa shape index (κ2) is 9.70. The van der Waals surface area contributed by atoms with Crippen LogP contribution in [0.25, 0.3) is 11.3 Å². The Morgan fingerprint density at radius 3 is 2.21 bits per heavy atom. The summed E-state index contributed by atoms with van der Waals surface area (Å²) in [6.45, 7) is 4.76. The largest absolute Gasteiger partial charge is 0.494 e. The summed E-state index contributed by atoms with van der Waals surface area (Å²) in [5.41, 5.74) is 3.56. The Hall–Kier alpha value is -3.14. The van der Waals surface area contributed by atoms with Crippen LogP contribution in [0.5, 0.6) is 11.5 Å². The Kier molecular flexibility index (Phi) is 6.79. The zero-order valence-corrected chi connectivity index (χ0v) is 16.4. The van der Waals surface area contributed by atoms with Gasteiger partial charge in [-0.1, -0.05) is 25.5 Å². The molecule has 0 aliphatic carbocycles. The predicted molar refractivity (Wildman–Crippen MR) is 111 cm³/mol. The smallest absolute Gasteiger partial charge is 0.343 e. The van der Waals surface area contributed by atoms with Crippen LogP contribution in [0.1, 0.15) is 42.6 Å². The number of pyridine rings is 1. The Balaban J connectivity index is 1.62. The van der Waals surface area contributed by atoms with E-state index in [4.69, 9.17) is 9.47 Å². The number of aromatic nitrogens is 1. The van der Waals surface area contributed by atoms with Crippen molar-refractivity contribution in [1.82, 2.24) is 4.98 Å². The second-order valence-electron chi connectivity index (χ2n) is 6.53. The number of carbonyl (C=O) groups excluding carboxylic acids is 1. The summed E-state index contributed by atoms with van der Waals surface area (Å²) in [6, 6.07) is 18.9. The molecule has 3 rings (SSSR count). The molecule has 0 spiro atoms. The fraction of sp³-hybridized carbons (Fsp3) is 0.250. The summed E-state index contributed by atoms with van der Waals surface area (Å²) in [4.78, 5) is 16.7. The molecule has 0 radical (unpaired) electrons. The Morgan fingerprint density at radius 1 is 0.893 bits per heavy atom. The lowest BCUT2D eigenvalue weighted by Gasteiger charge is -2.07. The fourth-order valence-corrected chi connectivity index (χ4v) is 2.85. The second-order valence-corrected chi connectivity index (χ2v) is 6.53. The monoisotopic (exact) mass is 375 g/mol. The number of esters is 1. The van der Waals surface area contributed by atoms with Gasteiger partial charge in [-0.3, -0.25) is 4.98 Å². The topological polar surface area (TPSA) is 48.4 Å². The van der Waals surface area contributed by atoms with Crippen LogP contribution in [-0.4, -0.2) is 17.6 Å². The van der Waals surface area contributed by atoms with Gasteiger partial charge in [0, 0.05) is 5.56 Å². The van der Waals surface area contributed by atoms with Gasteiger partial charge in [0.05, 0.1) is 24.1 Å². The summed E-state index contributed by atoms with van der Waals surface area (Å²) in [5, 5.41) is 0. The SMILES string of the molecule is CCCCc1ccc(C(=O)Oc2ccc(-c3ccc(OCC)cc3)nc2)cc1. The van der Waals surface area contributed by atoms with Crippen molar-refractivity contribution in [2.75, 3.05) is 6.61 Å². The molecule has 144 valence electrons. The van der Waals surface area contributed by atoms with E-state index in [-0.39, 0.29) is 5.97 Å². The van der Waals surface area contributed by atoms with Gasteiger partial charge in [0.15, 0.2) is 0 Å². The van der Waals surface area contributed by atoms with E-state index < -0.39 is 0 Å². The van der Waals surface area contributed by atoms with Crippen molar-refractivity contribution in [2.24, 2.45) is 0 Å². The highest BCUT2D eigenvalue weighted by atomic mass is 16.5. The van der Waals surface area contributed by atoms with E-state index in [1.807, 2.05) is 61.5 Å². The van der Waals surface area contributed by atoms with Crippen LogP contribution in [0.4, 0.5) is 0 Å². The van der Waals surface area contributed by atoms with Gasteiger partial charge in [0.25, 0.3) is 0 Å². The molecule has 0 saturated heterocycles. The molecule has 4 heteroatoms. The van der Waals surface area contributed by atoms with E-state index in [1.165, 1.54) is 5.56 Å². The third kappa shape index (κ3) is 5.19. The molecule has 28 heavy (non-hydrogen) atoms. The Labute approximate surface area is 166 Å². The quantitative estimate of drug-likeness (QED) is 0.473. The van der Waals surface area contributed by atoms with E-state index in [2.05, 4.69) is 11.9 Å². The molecule has 1 heterocycles. The van der Waals surface area contributed by atoms with Crippen LogP contribution < -0.4 is 9.47 Å². The van der Waals surface area contributed by atoms with Crippen molar-refractivity contribution in [3.05, 3.63) is 78.0 Å². The summed E-state index contributed by atoms with van der Waals surface area (Å²) in [6.07, 6.45) is 4.90. The molecule has 3 aromatic rings. The number of nitrogens with zero attached hydrogens (tertiary/aromatic N) is 1. The van der Waals surface area contributed by atoms with Crippen LogP contribution in [0, 0.1) is 0 Å². The summed E-state index contributed by atoms with van der Waals surface area (Å²) >= 11 is 0. The molecular weight excluding hydrogens is 350 g/mol. The minimum atomic E-state index is -0.377. The zero-order valence-electron chi connectivity index (χ0n) is 16.4. The molecule has 0 saturated carbocycles. The average molecular weight is 375 g/mol. The third-order valence-corrected chi connectivity index (χ3v) is 4.42. The highest BCUT2D eigenvalue weighted by Crippen LogP contribution is 2.23. The molecular formula is C24H25NO3. The van der Waals surface area contributed by atoms with Crippen molar-refractivity contribution < 1.29 is 14.3 Å². The van der Waals surface area contributed by atoms with Crippen molar-refractivity contribution in [3.63, 3.8) is 0 Å². The van der Waals surface area contributed by atoms with Crippen molar-refractivity contribution in [2.45, 2.75) is 33.1 Å². The minimum Gasteiger partial charge on any atom is -0.494 e. The van der Waals surface area contributed by atoms with Crippen LogP contribution in [-0.2, 0) is 6.42 Å². The highest BCUT2D eigenvalue weighted by Gasteiger charge is 2.09. The maximum absolute atomic E-state index is 12.3. The maximum Gasteiger partial charge on any atom is 0.343 e. The van der Waals surface area contributed by atoms with Gasteiger partial charge in [-0.15, -0.1) is 0 Å². The standard InChI is InChI=1S/C24H25NO3/c1-3-5-6-18-7-9-20(10-8-18)24(26)28-22-15-16-23(25-17-22)19-11-13-21(14-12-19)27-4-2/h7-17H,3-6H2,1-2H3. The summed E-state index contributed by atoms with van der Waals surface area (Å²) in [7, 11) is 0. The van der Waals surface area contributed by atoms with Gasteiger partial charge in [-0.2, -0.15) is 0 Å². The number of aryl methyl sites for hydroxylation is 1. The molecule has 0 unspecified atom stereocenters. The number of hydrogen-bond donors (Lipinski definition) is 0. The molecule has 1 aromatic heterocycles. The van der Waals surface area contributed by atoms with Gasteiger partial charge >= 0.3 is 5.97 Å². The van der Waals surface area contributed by atoms with E-state index in [1.54, 1.807) is 12.3 Å². The summed E-state index contributed by atoms with van der Waals surface area (Å²) in [5.74, 6) is 0.880. The molecule has 0 atom stereocenters. The van der Waals surface area contributed by atoms with Gasteiger partial charge < -0.3 is 9.47 Å². The number of ether oxygens (including phenoxy) is 2. The van der Waals surface area contributed by atoms with E-state index in [0.29, 0.717) is 17.9 Å². The number of unbranched alkanes of at least 4 members (excludes halogenated alkanes) is 1. The van der Waals surface area contributed by atoms with Crippen molar-refractivity contribution in [1.29, 1.82) is 0 Å². The number of hydrogen-bond acceptors (Lipinski definition) is 4. The number of benzene rings is 2. The highest BCUT2D eigenvalue weighted by molar-refractivity contribution is 5.91. The van der Waals surface area contributed by atoms with Crippen LogP contribution >= 0.6 is 0 Å². The van der Waals surface area contributed by atoms with E-state index in [0.717, 1.165) is 36.3 Å². The Morgan fingerprint density at radius 2 is 1.61 bits per heavy atom. The molecule has 0 amide bonds. The first kappa shape index (κ1) is 19.6. The molecule has 2 aromatic carbocycles. The minimum absolute atomic E-state index is 0.377. The first-order valence-electron chi connectivity index (χ1n) is 9.70. The lowest BCUT2D eigenvalue weighted by atomic mass is 10.1. The van der Waals surface area contributed by atoms with E-state index >= 15 is 0 Å². The van der Waals surface area contributed by atoms with Crippen LogP contribution in [0.2, 0.25) is 0 Å². The third-order valence-electron chi connectivity index (χ3n) is 4.42. The zero-order chi connectivity index (χ0) is 19.8. The van der Waals surface area contributed by atoms with Gasteiger partial charge in [-0.25, -0.2) is 4.79 Å². The van der Waals surface area contributed by atoms with Gasteiger partial charge in [-0.05, 0) is 73.9 Å². The van der Waals surface area contributed by atoms with Gasteiger partial charge in [0.2, 0.25) is 0 Å². The normalized spacial score (nSPS) is 10.5. The first-order chi connectivity index (χ1) is 13.7. The average Bonchev–Trinajstić information content (AvgIpc) is 2.74. The lowest BCUT2D eigenvalue weighted by molar-refractivity contribution is 0.0734. The molecule has 4 nitrogen and oxygen atoms in total. The first-order valence-corrected chi connectivity index (χ1v) is 9.70. The van der Waals surface area contributed by atoms with Crippen molar-refractivity contribution in [3.8, 4) is 22.8 Å². The summed E-state index contributed by atoms with van der Waals surface area (Å²) < 4.78 is 10.9. The Bertz CT molecular complexity index is 885. The predicted octanol–water partition coefficient (Wildman–Crippen LogP) is 5.71. The fourth-order valence-electron chi connectivity index (χ4n) is 2.85. The van der Waals surface area contributed by atoms with Crippen molar-refractivity contribution >= 4 is 5.97 Å². The molecule has 0 fully saturated rings.